The molecule has 1 aromatic heterocycles. The van der Waals surface area contributed by atoms with Crippen molar-refractivity contribution in [3.63, 3.8) is 0 Å². The van der Waals surface area contributed by atoms with Crippen molar-refractivity contribution in [2.75, 3.05) is 13.6 Å². The van der Waals surface area contributed by atoms with E-state index in [0.717, 1.165) is 30.6 Å². The predicted molar refractivity (Wildman–Crippen MR) is 73.3 cm³/mol. The van der Waals surface area contributed by atoms with Gasteiger partial charge >= 0.3 is 5.00 Å². The first-order chi connectivity index (χ1) is 9.04. The second-order valence-electron chi connectivity index (χ2n) is 4.81. The first-order valence-electron chi connectivity index (χ1n) is 6.26. The van der Waals surface area contributed by atoms with Crippen LogP contribution in [0.5, 0.6) is 0 Å². The van der Waals surface area contributed by atoms with Crippen LogP contribution in [0.25, 0.3) is 0 Å². The Hall–Kier alpha value is -1.47. The highest BCUT2D eigenvalue weighted by atomic mass is 32.1. The van der Waals surface area contributed by atoms with Gasteiger partial charge in [0, 0.05) is 19.2 Å². The van der Waals surface area contributed by atoms with Crippen LogP contribution in [0.1, 0.15) is 28.9 Å². The van der Waals surface area contributed by atoms with Crippen LogP contribution in [0.3, 0.4) is 0 Å². The fourth-order valence-electron chi connectivity index (χ4n) is 2.67. The molecule has 0 aromatic carbocycles. The molecule has 2 unspecified atom stereocenters. The summed E-state index contributed by atoms with van der Waals surface area (Å²) < 4.78 is 0. The van der Waals surface area contributed by atoms with Gasteiger partial charge in [-0.3, -0.25) is 14.9 Å². The number of carbonyl (C=O) groups excluding carboxylic acids is 1. The number of amides is 1. The monoisotopic (exact) mass is 283 g/mol. The number of thiophene rings is 1. The number of rotatable bonds is 4. The summed E-state index contributed by atoms with van der Waals surface area (Å²) in [6.07, 6.45) is 3.08. The fraction of sp³-hybridized carbons (Fsp3) is 0.583. The quantitative estimate of drug-likeness (QED) is 0.674. The lowest BCUT2D eigenvalue weighted by Crippen LogP contribution is -2.41. The van der Waals surface area contributed by atoms with E-state index in [1.54, 1.807) is 11.9 Å². The molecule has 1 heterocycles. The van der Waals surface area contributed by atoms with E-state index in [2.05, 4.69) is 0 Å². The molecular weight excluding hydrogens is 266 g/mol. The molecular formula is C12H17N3O3S. The minimum Gasteiger partial charge on any atom is -0.338 e. The van der Waals surface area contributed by atoms with Crippen molar-refractivity contribution in [1.29, 1.82) is 0 Å². The van der Waals surface area contributed by atoms with Crippen LogP contribution in [0, 0.1) is 16.0 Å². The number of nitro groups is 1. The third-order valence-corrected chi connectivity index (χ3v) is 4.75. The zero-order valence-electron chi connectivity index (χ0n) is 10.7. The van der Waals surface area contributed by atoms with E-state index in [4.69, 9.17) is 5.73 Å². The lowest BCUT2D eigenvalue weighted by atomic mass is 10.0. The van der Waals surface area contributed by atoms with Gasteiger partial charge in [-0.25, -0.2) is 0 Å². The molecule has 0 saturated heterocycles. The highest BCUT2D eigenvalue weighted by Gasteiger charge is 2.32. The molecule has 1 aliphatic rings. The Morgan fingerprint density at radius 3 is 2.89 bits per heavy atom. The van der Waals surface area contributed by atoms with Gasteiger partial charge in [-0.2, -0.15) is 0 Å². The maximum atomic E-state index is 12.3. The van der Waals surface area contributed by atoms with E-state index in [0.29, 0.717) is 17.3 Å². The molecule has 19 heavy (non-hydrogen) atoms. The zero-order chi connectivity index (χ0) is 14.0. The molecule has 7 heteroatoms. The van der Waals surface area contributed by atoms with Crippen LogP contribution in [-0.2, 0) is 0 Å². The van der Waals surface area contributed by atoms with Crippen molar-refractivity contribution in [2.45, 2.75) is 25.3 Å². The van der Waals surface area contributed by atoms with Gasteiger partial charge in [0.2, 0.25) is 0 Å². The SMILES string of the molecule is CN(C(=O)c1ccc([N+](=O)[O-])s1)C1CCCC1CN. The molecule has 0 bridgehead atoms. The largest absolute Gasteiger partial charge is 0.338 e. The molecule has 0 radical (unpaired) electrons. The molecule has 104 valence electrons. The Balaban J connectivity index is 2.11. The second-order valence-corrected chi connectivity index (χ2v) is 5.87. The van der Waals surface area contributed by atoms with E-state index in [1.807, 2.05) is 0 Å². The van der Waals surface area contributed by atoms with E-state index >= 15 is 0 Å². The predicted octanol–water partition coefficient (Wildman–Crippen LogP) is 1.86. The van der Waals surface area contributed by atoms with E-state index in [9.17, 15) is 14.9 Å². The fourth-order valence-corrected chi connectivity index (χ4v) is 3.47. The molecule has 2 atom stereocenters. The highest BCUT2D eigenvalue weighted by Crippen LogP contribution is 2.31. The zero-order valence-corrected chi connectivity index (χ0v) is 11.6. The minimum atomic E-state index is -0.473. The van der Waals surface area contributed by atoms with Crippen molar-refractivity contribution < 1.29 is 9.72 Å². The molecule has 2 rings (SSSR count). The van der Waals surface area contributed by atoms with Gasteiger partial charge in [0.1, 0.15) is 0 Å². The summed E-state index contributed by atoms with van der Waals surface area (Å²) in [6, 6.07) is 3.05. The number of hydrogen-bond donors (Lipinski definition) is 1. The number of hydrogen-bond acceptors (Lipinski definition) is 5. The summed E-state index contributed by atoms with van der Waals surface area (Å²) in [6.45, 7) is 0.576. The average molecular weight is 283 g/mol. The summed E-state index contributed by atoms with van der Waals surface area (Å²) >= 11 is 0.923. The summed E-state index contributed by atoms with van der Waals surface area (Å²) in [4.78, 5) is 24.6. The highest BCUT2D eigenvalue weighted by molar-refractivity contribution is 7.17. The summed E-state index contributed by atoms with van der Waals surface area (Å²) in [5.41, 5.74) is 5.72. The van der Waals surface area contributed by atoms with Crippen molar-refractivity contribution in [3.8, 4) is 0 Å². The molecule has 2 N–H and O–H groups in total. The van der Waals surface area contributed by atoms with E-state index in [-0.39, 0.29) is 17.0 Å². The standard InChI is InChI=1S/C12H17N3O3S/c1-14(9-4-2-3-8(9)7-13)12(16)10-5-6-11(19-10)15(17)18/h5-6,8-9H,2-4,7,13H2,1H3. The Bertz CT molecular complexity index is 488. The van der Waals surface area contributed by atoms with Crippen LogP contribution in [0.4, 0.5) is 5.00 Å². The number of nitrogens with zero attached hydrogens (tertiary/aromatic N) is 2. The Kier molecular flexibility index (Phi) is 4.16. The van der Waals surface area contributed by atoms with Gasteiger partial charge < -0.3 is 10.6 Å². The van der Waals surface area contributed by atoms with Gasteiger partial charge in [0.05, 0.1) is 9.80 Å². The minimum absolute atomic E-state index is 0.00135. The first kappa shape index (κ1) is 14.0. The van der Waals surface area contributed by atoms with Gasteiger partial charge in [-0.15, -0.1) is 0 Å². The molecule has 1 saturated carbocycles. The third kappa shape index (κ3) is 2.76. The van der Waals surface area contributed by atoms with Gasteiger partial charge in [0.25, 0.3) is 5.91 Å². The van der Waals surface area contributed by atoms with Crippen LogP contribution in [0.15, 0.2) is 12.1 Å². The topological polar surface area (TPSA) is 89.5 Å². The van der Waals surface area contributed by atoms with E-state index in [1.165, 1.54) is 12.1 Å². The van der Waals surface area contributed by atoms with E-state index < -0.39 is 4.92 Å². The maximum Gasteiger partial charge on any atom is 0.324 e. The second kappa shape index (κ2) is 5.66. The third-order valence-electron chi connectivity index (χ3n) is 3.72. The summed E-state index contributed by atoms with van der Waals surface area (Å²) in [5, 5.41) is 10.6. The lowest BCUT2D eigenvalue weighted by Gasteiger charge is -2.28. The van der Waals surface area contributed by atoms with Gasteiger partial charge in [-0.05, 0) is 31.4 Å². The average Bonchev–Trinajstić information content (AvgIpc) is 3.05. The van der Waals surface area contributed by atoms with Crippen molar-refractivity contribution in [2.24, 2.45) is 11.7 Å². The number of nitrogens with two attached hydrogens (primary N) is 1. The summed E-state index contributed by atoms with van der Waals surface area (Å²) in [5.74, 6) is 0.187. The molecule has 1 fully saturated rings. The van der Waals surface area contributed by atoms with Crippen molar-refractivity contribution in [3.05, 3.63) is 27.1 Å². The van der Waals surface area contributed by atoms with Crippen molar-refractivity contribution >= 4 is 22.2 Å². The van der Waals surface area contributed by atoms with Crippen LogP contribution in [0.2, 0.25) is 0 Å². The van der Waals surface area contributed by atoms with Gasteiger partial charge in [-0.1, -0.05) is 17.8 Å². The van der Waals surface area contributed by atoms with Crippen molar-refractivity contribution in [1.82, 2.24) is 4.90 Å². The first-order valence-corrected chi connectivity index (χ1v) is 7.07. The Morgan fingerprint density at radius 1 is 1.58 bits per heavy atom. The maximum absolute atomic E-state index is 12.3. The smallest absolute Gasteiger partial charge is 0.324 e. The molecule has 0 aliphatic heterocycles. The Morgan fingerprint density at radius 2 is 2.32 bits per heavy atom. The van der Waals surface area contributed by atoms with Crippen LogP contribution >= 0.6 is 11.3 Å². The summed E-state index contributed by atoms with van der Waals surface area (Å²) in [7, 11) is 1.76. The van der Waals surface area contributed by atoms with Gasteiger partial charge in [0.15, 0.2) is 0 Å². The lowest BCUT2D eigenvalue weighted by molar-refractivity contribution is -0.380. The van der Waals surface area contributed by atoms with Crippen LogP contribution in [-0.4, -0.2) is 35.4 Å². The molecule has 6 nitrogen and oxygen atoms in total. The number of carbonyl (C=O) groups is 1. The molecule has 1 aliphatic carbocycles. The van der Waals surface area contributed by atoms with Crippen LogP contribution < -0.4 is 5.73 Å². The molecule has 1 aromatic rings. The normalized spacial score (nSPS) is 22.4. The molecule has 0 spiro atoms. The molecule has 1 amide bonds. The Labute approximate surface area is 115 Å².